The van der Waals surface area contributed by atoms with E-state index in [1.54, 1.807) is 0 Å². The molecule has 2 aliphatic rings. The summed E-state index contributed by atoms with van der Waals surface area (Å²) in [5.74, 6) is 2.36. The predicted molar refractivity (Wildman–Crippen MR) is 49.3 cm³/mol. The highest BCUT2D eigenvalue weighted by Gasteiger charge is 2.54. The summed E-state index contributed by atoms with van der Waals surface area (Å²) in [5, 5.41) is 0. The molecule has 2 unspecified atom stereocenters. The van der Waals surface area contributed by atoms with Gasteiger partial charge >= 0.3 is 6.09 Å². The van der Waals surface area contributed by atoms with Crippen molar-refractivity contribution in [3.63, 3.8) is 0 Å². The van der Waals surface area contributed by atoms with Crippen LogP contribution in [0.25, 0.3) is 0 Å². The molecule has 2 atom stereocenters. The van der Waals surface area contributed by atoms with Crippen LogP contribution in [0.5, 0.6) is 0 Å². The molecule has 0 aromatic rings. The Kier molecular flexibility index (Phi) is 1.97. The molecule has 2 fully saturated rings. The van der Waals surface area contributed by atoms with Crippen molar-refractivity contribution in [2.24, 2.45) is 17.8 Å². The van der Waals surface area contributed by atoms with Gasteiger partial charge in [0.05, 0.1) is 6.10 Å². The first kappa shape index (κ1) is 8.85. The highest BCUT2D eigenvalue weighted by Crippen LogP contribution is 2.51. The summed E-state index contributed by atoms with van der Waals surface area (Å²) in [5.41, 5.74) is 0. The monoisotopic (exact) mass is 183 g/mol. The number of ether oxygens (including phenoxy) is 1. The molecule has 0 N–H and O–H groups in total. The van der Waals surface area contributed by atoms with Crippen molar-refractivity contribution in [3.05, 3.63) is 0 Å². The average Bonchev–Trinajstić information content (AvgIpc) is 2.47. The van der Waals surface area contributed by atoms with Crippen LogP contribution in [0.15, 0.2) is 0 Å². The van der Waals surface area contributed by atoms with Gasteiger partial charge in [-0.05, 0) is 31.6 Å². The number of carbonyl (C=O) groups is 1. The van der Waals surface area contributed by atoms with Crippen molar-refractivity contribution in [3.8, 4) is 0 Å². The molecule has 1 saturated carbocycles. The summed E-state index contributed by atoms with van der Waals surface area (Å²) in [6.45, 7) is 7.86. The normalized spacial score (nSPS) is 36.3. The molecule has 3 heteroatoms. The molecular formula is C10H17NO2. The van der Waals surface area contributed by atoms with E-state index in [-0.39, 0.29) is 12.2 Å². The topological polar surface area (TPSA) is 29.5 Å². The van der Waals surface area contributed by atoms with E-state index in [9.17, 15) is 4.79 Å². The number of hydrogen-bond donors (Lipinski definition) is 0. The molecule has 3 nitrogen and oxygen atoms in total. The molecule has 74 valence electrons. The lowest BCUT2D eigenvalue weighted by atomic mass is 10.3. The van der Waals surface area contributed by atoms with E-state index in [2.05, 4.69) is 6.92 Å². The summed E-state index contributed by atoms with van der Waals surface area (Å²) in [6.07, 6.45) is -0.128. The minimum Gasteiger partial charge on any atom is -0.447 e. The molecular weight excluding hydrogens is 166 g/mol. The summed E-state index contributed by atoms with van der Waals surface area (Å²) in [4.78, 5) is 13.3. The fourth-order valence-electron chi connectivity index (χ4n) is 2.25. The molecule has 0 aromatic heterocycles. The molecule has 2 rings (SSSR count). The van der Waals surface area contributed by atoms with E-state index in [4.69, 9.17) is 4.74 Å². The number of fused-ring (bicyclic) bond motifs is 1. The second kappa shape index (κ2) is 2.89. The van der Waals surface area contributed by atoms with Crippen molar-refractivity contribution in [2.75, 3.05) is 13.1 Å². The third-order valence-electron chi connectivity index (χ3n) is 3.22. The SMILES string of the molecule is CC(C)OC(=O)N1CC2C(C)C2C1. The van der Waals surface area contributed by atoms with Crippen LogP contribution in [0.1, 0.15) is 20.8 Å². The third-order valence-corrected chi connectivity index (χ3v) is 3.22. The van der Waals surface area contributed by atoms with Crippen molar-refractivity contribution < 1.29 is 9.53 Å². The van der Waals surface area contributed by atoms with Crippen LogP contribution in [0.2, 0.25) is 0 Å². The minimum absolute atomic E-state index is 0.00171. The molecule has 1 aliphatic carbocycles. The fraction of sp³-hybridized carbons (Fsp3) is 0.900. The van der Waals surface area contributed by atoms with E-state index in [0.717, 1.165) is 30.8 Å². The van der Waals surface area contributed by atoms with Gasteiger partial charge in [0.1, 0.15) is 0 Å². The van der Waals surface area contributed by atoms with E-state index in [1.165, 1.54) is 0 Å². The van der Waals surface area contributed by atoms with Gasteiger partial charge in [-0.3, -0.25) is 0 Å². The van der Waals surface area contributed by atoms with Gasteiger partial charge in [0.25, 0.3) is 0 Å². The molecule has 0 radical (unpaired) electrons. The number of likely N-dealkylation sites (tertiary alicyclic amines) is 1. The number of piperidine rings is 1. The van der Waals surface area contributed by atoms with Crippen molar-refractivity contribution in [1.82, 2.24) is 4.90 Å². The molecule has 0 aromatic carbocycles. The Labute approximate surface area is 79.0 Å². The minimum atomic E-state index is -0.130. The van der Waals surface area contributed by atoms with E-state index < -0.39 is 0 Å². The highest BCUT2D eigenvalue weighted by atomic mass is 16.6. The highest BCUT2D eigenvalue weighted by molar-refractivity contribution is 5.68. The summed E-state index contributed by atoms with van der Waals surface area (Å²) in [6, 6.07) is 0. The Morgan fingerprint density at radius 3 is 2.38 bits per heavy atom. The van der Waals surface area contributed by atoms with E-state index in [0.29, 0.717) is 0 Å². The standard InChI is InChI=1S/C10H17NO2/c1-6(2)13-10(12)11-4-8-7(3)9(8)5-11/h6-9H,4-5H2,1-3H3. The van der Waals surface area contributed by atoms with Gasteiger partial charge in [0.15, 0.2) is 0 Å². The van der Waals surface area contributed by atoms with E-state index in [1.807, 2.05) is 18.7 Å². The number of hydrogen-bond acceptors (Lipinski definition) is 2. The Balaban J connectivity index is 1.81. The Bertz CT molecular complexity index is 215. The predicted octanol–water partition coefficient (Wildman–Crippen LogP) is 1.73. The van der Waals surface area contributed by atoms with Gasteiger partial charge in [-0.1, -0.05) is 6.92 Å². The van der Waals surface area contributed by atoms with Crippen LogP contribution < -0.4 is 0 Å². The Morgan fingerprint density at radius 2 is 1.92 bits per heavy atom. The Morgan fingerprint density at radius 1 is 1.38 bits per heavy atom. The first-order valence-corrected chi connectivity index (χ1v) is 5.05. The molecule has 0 bridgehead atoms. The van der Waals surface area contributed by atoms with Gasteiger partial charge in [-0.2, -0.15) is 0 Å². The molecule has 1 saturated heterocycles. The second-order valence-electron chi connectivity index (χ2n) is 4.52. The molecule has 0 spiro atoms. The van der Waals surface area contributed by atoms with Gasteiger partial charge in [0, 0.05) is 13.1 Å². The third kappa shape index (κ3) is 1.52. The zero-order valence-electron chi connectivity index (χ0n) is 8.49. The number of nitrogens with zero attached hydrogens (tertiary/aromatic N) is 1. The van der Waals surface area contributed by atoms with Crippen LogP contribution in [0.3, 0.4) is 0 Å². The lowest BCUT2D eigenvalue weighted by molar-refractivity contribution is 0.0793. The zero-order chi connectivity index (χ0) is 9.59. The second-order valence-corrected chi connectivity index (χ2v) is 4.52. The number of amides is 1. The Hall–Kier alpha value is -0.730. The van der Waals surface area contributed by atoms with Crippen molar-refractivity contribution >= 4 is 6.09 Å². The van der Waals surface area contributed by atoms with Crippen LogP contribution in [0, 0.1) is 17.8 Å². The molecule has 13 heavy (non-hydrogen) atoms. The zero-order valence-corrected chi connectivity index (χ0v) is 8.49. The van der Waals surface area contributed by atoms with Gasteiger partial charge in [0.2, 0.25) is 0 Å². The largest absolute Gasteiger partial charge is 0.447 e. The summed E-state index contributed by atoms with van der Waals surface area (Å²) in [7, 11) is 0. The molecule has 1 aliphatic heterocycles. The maximum atomic E-state index is 11.4. The number of carbonyl (C=O) groups excluding carboxylic acids is 1. The van der Waals surface area contributed by atoms with Crippen LogP contribution >= 0.6 is 0 Å². The van der Waals surface area contributed by atoms with Gasteiger partial charge in [-0.15, -0.1) is 0 Å². The van der Waals surface area contributed by atoms with Crippen LogP contribution in [0.4, 0.5) is 4.79 Å². The first-order chi connectivity index (χ1) is 6.09. The lowest BCUT2D eigenvalue weighted by Gasteiger charge is -2.20. The average molecular weight is 183 g/mol. The van der Waals surface area contributed by atoms with Crippen molar-refractivity contribution in [1.29, 1.82) is 0 Å². The maximum absolute atomic E-state index is 11.4. The smallest absolute Gasteiger partial charge is 0.410 e. The fourth-order valence-corrected chi connectivity index (χ4v) is 2.25. The van der Waals surface area contributed by atoms with Crippen molar-refractivity contribution in [2.45, 2.75) is 26.9 Å². The summed E-state index contributed by atoms with van der Waals surface area (Å²) < 4.78 is 5.13. The van der Waals surface area contributed by atoms with Gasteiger partial charge in [-0.25, -0.2) is 4.79 Å². The van der Waals surface area contributed by atoms with Crippen LogP contribution in [-0.2, 0) is 4.74 Å². The quantitative estimate of drug-likeness (QED) is 0.619. The maximum Gasteiger partial charge on any atom is 0.410 e. The first-order valence-electron chi connectivity index (χ1n) is 5.05. The summed E-state index contributed by atoms with van der Waals surface area (Å²) >= 11 is 0. The molecule has 1 amide bonds. The van der Waals surface area contributed by atoms with E-state index >= 15 is 0 Å². The number of rotatable bonds is 1. The van der Waals surface area contributed by atoms with Gasteiger partial charge < -0.3 is 9.64 Å². The molecule has 1 heterocycles. The van der Waals surface area contributed by atoms with Crippen LogP contribution in [-0.4, -0.2) is 30.2 Å². The lowest BCUT2D eigenvalue weighted by Crippen LogP contribution is -2.33.